The third-order valence-electron chi connectivity index (χ3n) is 4.47. The van der Waals surface area contributed by atoms with E-state index in [1.165, 1.54) is 12.3 Å². The van der Waals surface area contributed by atoms with Gasteiger partial charge in [0, 0.05) is 24.8 Å². The van der Waals surface area contributed by atoms with E-state index in [0.717, 1.165) is 11.1 Å². The third kappa shape index (κ3) is 3.24. The molecular weight excluding hydrogens is 376 g/mol. The first-order valence-electron chi connectivity index (χ1n) is 8.81. The summed E-state index contributed by atoms with van der Waals surface area (Å²) in [6.45, 7) is 4.12. The van der Waals surface area contributed by atoms with E-state index in [1.807, 2.05) is 18.3 Å². The lowest BCUT2D eigenvalue weighted by Gasteiger charge is -2.10. The molecule has 3 heterocycles. The van der Waals surface area contributed by atoms with Gasteiger partial charge in [-0.3, -0.25) is 9.40 Å². The lowest BCUT2D eigenvalue weighted by Crippen LogP contribution is -2.14. The number of anilines is 1. The summed E-state index contributed by atoms with van der Waals surface area (Å²) in [5.74, 6) is 0.861. The van der Waals surface area contributed by atoms with Crippen LogP contribution in [-0.2, 0) is 17.1 Å². The van der Waals surface area contributed by atoms with Gasteiger partial charge < -0.3 is 0 Å². The van der Waals surface area contributed by atoms with Crippen molar-refractivity contribution >= 4 is 26.6 Å². The van der Waals surface area contributed by atoms with Crippen LogP contribution >= 0.6 is 0 Å². The maximum Gasteiger partial charge on any atom is 0.263 e. The fraction of sp³-hybridized carbons (Fsp3) is 0.211. The van der Waals surface area contributed by atoms with E-state index < -0.39 is 10.0 Å². The number of rotatable bonds is 5. The van der Waals surface area contributed by atoms with Crippen LogP contribution in [0.5, 0.6) is 0 Å². The van der Waals surface area contributed by atoms with E-state index in [-0.39, 0.29) is 4.90 Å². The molecular formula is C19H20N6O2S. The molecule has 0 unspecified atom stereocenters. The van der Waals surface area contributed by atoms with Crippen LogP contribution in [0.1, 0.15) is 25.5 Å². The lowest BCUT2D eigenvalue weighted by atomic mass is 10.1. The Hall–Kier alpha value is -3.20. The molecule has 0 amide bonds. The van der Waals surface area contributed by atoms with Crippen molar-refractivity contribution in [2.24, 2.45) is 7.05 Å². The Morgan fingerprint density at radius 1 is 1.07 bits per heavy atom. The second-order valence-electron chi connectivity index (χ2n) is 6.81. The van der Waals surface area contributed by atoms with Crippen molar-refractivity contribution in [3.8, 4) is 5.82 Å². The second kappa shape index (κ2) is 6.75. The molecule has 4 aromatic rings. The van der Waals surface area contributed by atoms with Crippen LogP contribution in [0.4, 0.5) is 5.69 Å². The first-order valence-corrected chi connectivity index (χ1v) is 10.3. The Morgan fingerprint density at radius 2 is 1.89 bits per heavy atom. The molecule has 0 fully saturated rings. The molecule has 28 heavy (non-hydrogen) atoms. The van der Waals surface area contributed by atoms with E-state index in [9.17, 15) is 8.42 Å². The normalized spacial score (nSPS) is 12.0. The minimum atomic E-state index is -3.79. The summed E-state index contributed by atoms with van der Waals surface area (Å²) in [6, 6.07) is 10.5. The minimum Gasteiger partial charge on any atom is -0.277 e. The van der Waals surface area contributed by atoms with Crippen LogP contribution in [0, 0.1) is 0 Å². The standard InChI is InChI=1S/C19H20N6O2S/c1-13(2)16-9-10-25(22-16)18-8-7-15(12-20-18)28(26,27)23-17-6-4-5-14-11-21-24(3)19(14)17/h4-13,23H,1-3H3. The van der Waals surface area contributed by atoms with E-state index in [1.54, 1.807) is 40.8 Å². The molecule has 0 aliphatic rings. The Labute approximate surface area is 162 Å². The second-order valence-corrected chi connectivity index (χ2v) is 8.49. The molecule has 0 spiro atoms. The SMILES string of the molecule is CC(C)c1ccn(-c2ccc(S(=O)(=O)Nc3cccc4cnn(C)c34)cn2)n1. The molecule has 4 rings (SSSR count). The summed E-state index contributed by atoms with van der Waals surface area (Å²) in [7, 11) is -2.02. The quantitative estimate of drug-likeness (QED) is 0.559. The van der Waals surface area contributed by atoms with Crippen molar-refractivity contribution in [1.82, 2.24) is 24.5 Å². The summed E-state index contributed by atoms with van der Waals surface area (Å²) >= 11 is 0. The zero-order chi connectivity index (χ0) is 19.9. The lowest BCUT2D eigenvalue weighted by molar-refractivity contribution is 0.600. The number of aromatic nitrogens is 5. The Balaban J connectivity index is 1.63. The average molecular weight is 396 g/mol. The average Bonchev–Trinajstić information content (AvgIpc) is 3.30. The fourth-order valence-corrected chi connectivity index (χ4v) is 3.97. The smallest absolute Gasteiger partial charge is 0.263 e. The molecule has 0 aliphatic carbocycles. The topological polar surface area (TPSA) is 94.7 Å². The zero-order valence-electron chi connectivity index (χ0n) is 15.7. The first kappa shape index (κ1) is 18.2. The predicted molar refractivity (Wildman–Crippen MR) is 107 cm³/mol. The number of aryl methyl sites for hydroxylation is 1. The van der Waals surface area contributed by atoms with Crippen molar-refractivity contribution < 1.29 is 8.42 Å². The first-order chi connectivity index (χ1) is 13.3. The van der Waals surface area contributed by atoms with Gasteiger partial charge in [-0.05, 0) is 30.2 Å². The summed E-state index contributed by atoms with van der Waals surface area (Å²) in [6.07, 6.45) is 4.84. The number of para-hydroxylation sites is 1. The van der Waals surface area contributed by atoms with Gasteiger partial charge in [0.1, 0.15) is 4.90 Å². The van der Waals surface area contributed by atoms with Gasteiger partial charge in [0.15, 0.2) is 5.82 Å². The molecule has 1 N–H and O–H groups in total. The van der Waals surface area contributed by atoms with E-state index in [2.05, 4.69) is 33.8 Å². The van der Waals surface area contributed by atoms with Crippen molar-refractivity contribution in [2.45, 2.75) is 24.7 Å². The van der Waals surface area contributed by atoms with Crippen LogP contribution in [0.25, 0.3) is 16.7 Å². The van der Waals surface area contributed by atoms with Gasteiger partial charge in [-0.2, -0.15) is 10.2 Å². The molecule has 0 bridgehead atoms. The molecule has 8 nitrogen and oxygen atoms in total. The van der Waals surface area contributed by atoms with E-state index in [0.29, 0.717) is 22.9 Å². The number of hydrogen-bond donors (Lipinski definition) is 1. The highest BCUT2D eigenvalue weighted by Gasteiger charge is 2.18. The van der Waals surface area contributed by atoms with Gasteiger partial charge in [-0.15, -0.1) is 0 Å². The van der Waals surface area contributed by atoms with Crippen LogP contribution in [0.2, 0.25) is 0 Å². The highest BCUT2D eigenvalue weighted by molar-refractivity contribution is 7.92. The molecule has 3 aromatic heterocycles. The summed E-state index contributed by atoms with van der Waals surface area (Å²) < 4.78 is 31.5. The highest BCUT2D eigenvalue weighted by Crippen LogP contribution is 2.25. The predicted octanol–water partition coefficient (Wildman–Crippen LogP) is 3.08. The van der Waals surface area contributed by atoms with Crippen molar-refractivity contribution in [2.75, 3.05) is 4.72 Å². The van der Waals surface area contributed by atoms with E-state index in [4.69, 9.17) is 0 Å². The van der Waals surface area contributed by atoms with Gasteiger partial charge in [-0.25, -0.2) is 18.1 Å². The Bertz CT molecular complexity index is 1240. The number of benzene rings is 1. The van der Waals surface area contributed by atoms with Crippen molar-refractivity contribution in [3.63, 3.8) is 0 Å². The number of fused-ring (bicyclic) bond motifs is 1. The van der Waals surface area contributed by atoms with E-state index >= 15 is 0 Å². The number of sulfonamides is 1. The summed E-state index contributed by atoms with van der Waals surface area (Å²) in [4.78, 5) is 4.34. The van der Waals surface area contributed by atoms with Crippen molar-refractivity contribution in [1.29, 1.82) is 0 Å². The summed E-state index contributed by atoms with van der Waals surface area (Å²) in [5, 5.41) is 9.49. The zero-order valence-corrected chi connectivity index (χ0v) is 16.6. The third-order valence-corrected chi connectivity index (χ3v) is 5.82. The van der Waals surface area contributed by atoms with Crippen LogP contribution in [0.3, 0.4) is 0 Å². The highest BCUT2D eigenvalue weighted by atomic mass is 32.2. The Kier molecular flexibility index (Phi) is 4.38. The molecule has 9 heteroatoms. The van der Waals surface area contributed by atoms with Crippen molar-refractivity contribution in [3.05, 3.63) is 60.7 Å². The number of nitrogens with one attached hydrogen (secondary N) is 1. The van der Waals surface area contributed by atoms with Crippen LogP contribution in [-0.4, -0.2) is 33.0 Å². The maximum absolute atomic E-state index is 12.8. The molecule has 0 saturated heterocycles. The Morgan fingerprint density at radius 3 is 2.57 bits per heavy atom. The summed E-state index contributed by atoms with van der Waals surface area (Å²) in [5.41, 5.74) is 2.13. The van der Waals surface area contributed by atoms with Crippen LogP contribution < -0.4 is 4.72 Å². The molecule has 0 radical (unpaired) electrons. The molecule has 0 saturated carbocycles. The number of hydrogen-bond acceptors (Lipinski definition) is 5. The monoisotopic (exact) mass is 396 g/mol. The number of pyridine rings is 1. The molecule has 0 atom stereocenters. The minimum absolute atomic E-state index is 0.0756. The van der Waals surface area contributed by atoms with Gasteiger partial charge >= 0.3 is 0 Å². The van der Waals surface area contributed by atoms with Gasteiger partial charge in [0.05, 0.1) is 23.1 Å². The fourth-order valence-electron chi connectivity index (χ4n) is 2.96. The largest absolute Gasteiger partial charge is 0.277 e. The molecule has 0 aliphatic heterocycles. The molecule has 1 aromatic carbocycles. The van der Waals surface area contributed by atoms with Gasteiger partial charge in [0.2, 0.25) is 0 Å². The van der Waals surface area contributed by atoms with Gasteiger partial charge in [0.25, 0.3) is 10.0 Å². The number of nitrogens with zero attached hydrogens (tertiary/aromatic N) is 5. The van der Waals surface area contributed by atoms with Crippen LogP contribution in [0.15, 0.2) is 59.9 Å². The maximum atomic E-state index is 12.8. The molecule has 144 valence electrons. The van der Waals surface area contributed by atoms with Gasteiger partial charge in [-0.1, -0.05) is 26.0 Å².